The normalized spacial score (nSPS) is 22.1. The lowest BCUT2D eigenvalue weighted by Crippen LogP contribution is -2.33. The van der Waals surface area contributed by atoms with Gasteiger partial charge in [0.15, 0.2) is 5.78 Å². The van der Waals surface area contributed by atoms with Crippen molar-refractivity contribution < 1.29 is 23.9 Å². The van der Waals surface area contributed by atoms with Gasteiger partial charge in [-0.25, -0.2) is 4.79 Å². The highest BCUT2D eigenvalue weighted by Gasteiger charge is 2.36. The predicted octanol–water partition coefficient (Wildman–Crippen LogP) is 1.69. The lowest BCUT2D eigenvalue weighted by atomic mass is 9.95. The lowest BCUT2D eigenvalue weighted by Gasteiger charge is -2.22. The van der Waals surface area contributed by atoms with Gasteiger partial charge in [0.05, 0.1) is 18.8 Å². The van der Waals surface area contributed by atoms with E-state index in [0.29, 0.717) is 30.9 Å². The first kappa shape index (κ1) is 17.5. The molecular formula is C19H21N3O5. The number of carbonyl (C=O) groups excluding carboxylic acids is 3. The maximum atomic E-state index is 12.8. The number of rotatable bonds is 4. The summed E-state index contributed by atoms with van der Waals surface area (Å²) in [4.78, 5) is 38.4. The molecule has 2 N–H and O–H groups in total. The summed E-state index contributed by atoms with van der Waals surface area (Å²) in [5.41, 5.74) is 7.67. The number of aryl methyl sites for hydroxylation is 1. The molecule has 2 aliphatic rings. The predicted molar refractivity (Wildman–Crippen MR) is 97.7 cm³/mol. The lowest BCUT2D eigenvalue weighted by molar-refractivity contribution is -0.146. The van der Waals surface area contributed by atoms with Crippen LogP contribution in [0.5, 0.6) is 0 Å². The van der Waals surface area contributed by atoms with Gasteiger partial charge in [0.25, 0.3) is 0 Å². The van der Waals surface area contributed by atoms with Gasteiger partial charge in [-0.05, 0) is 37.6 Å². The summed E-state index contributed by atoms with van der Waals surface area (Å²) < 4.78 is 12.1. The van der Waals surface area contributed by atoms with E-state index in [9.17, 15) is 14.4 Å². The Labute approximate surface area is 155 Å². The van der Waals surface area contributed by atoms with E-state index in [2.05, 4.69) is 0 Å². The number of esters is 1. The van der Waals surface area contributed by atoms with Crippen molar-refractivity contribution in [2.45, 2.75) is 26.0 Å². The van der Waals surface area contributed by atoms with E-state index in [1.807, 2.05) is 22.8 Å². The van der Waals surface area contributed by atoms with Crippen LogP contribution in [0.4, 0.5) is 10.5 Å². The van der Waals surface area contributed by atoms with E-state index in [0.717, 1.165) is 10.9 Å². The Balaban J connectivity index is 1.67. The Bertz CT molecular complexity index is 935. The largest absolute Gasteiger partial charge is 0.465 e. The third kappa shape index (κ3) is 2.86. The van der Waals surface area contributed by atoms with E-state index in [1.54, 1.807) is 13.0 Å². The van der Waals surface area contributed by atoms with Crippen LogP contribution in [0.3, 0.4) is 0 Å². The molecule has 8 heteroatoms. The molecule has 1 amide bonds. The van der Waals surface area contributed by atoms with E-state index < -0.39 is 18.0 Å². The van der Waals surface area contributed by atoms with Crippen molar-refractivity contribution in [2.75, 3.05) is 24.6 Å². The molecule has 0 aliphatic carbocycles. The standard InChI is InChI=1S/C19H21N3O5/c1-2-26-18(24)14-5-6-21-15-4-3-12(7-11(15)8-16(21)17(14)23)22-10-13(9-20)27-19(22)25/h3-4,7-8,13-14H,2,5-6,9-10,20H2,1H3/t13-,14?/m0/s1. The fraction of sp³-hybridized carbons (Fsp3) is 0.421. The van der Waals surface area contributed by atoms with Gasteiger partial charge in [-0.1, -0.05) is 0 Å². The number of fused-ring (bicyclic) bond motifs is 3. The second-order valence-electron chi connectivity index (χ2n) is 6.73. The number of amides is 1. The molecule has 2 aromatic rings. The van der Waals surface area contributed by atoms with Crippen LogP contribution in [-0.4, -0.2) is 48.2 Å². The fourth-order valence-corrected chi connectivity index (χ4v) is 3.76. The average Bonchev–Trinajstić information content (AvgIpc) is 3.22. The van der Waals surface area contributed by atoms with Crippen LogP contribution in [0.1, 0.15) is 23.8 Å². The van der Waals surface area contributed by atoms with Crippen LogP contribution in [0.2, 0.25) is 0 Å². The van der Waals surface area contributed by atoms with Crippen molar-refractivity contribution in [1.82, 2.24) is 4.57 Å². The molecule has 8 nitrogen and oxygen atoms in total. The topological polar surface area (TPSA) is 104 Å². The summed E-state index contributed by atoms with van der Waals surface area (Å²) in [6.45, 7) is 3.22. The molecule has 0 spiro atoms. The zero-order chi connectivity index (χ0) is 19.1. The number of hydrogen-bond donors (Lipinski definition) is 1. The van der Waals surface area contributed by atoms with E-state index in [1.165, 1.54) is 4.90 Å². The van der Waals surface area contributed by atoms with E-state index >= 15 is 0 Å². The Morgan fingerprint density at radius 1 is 1.33 bits per heavy atom. The van der Waals surface area contributed by atoms with Gasteiger partial charge in [-0.15, -0.1) is 0 Å². The van der Waals surface area contributed by atoms with Crippen molar-refractivity contribution in [3.63, 3.8) is 0 Å². The third-order valence-corrected chi connectivity index (χ3v) is 5.12. The molecule has 0 saturated carbocycles. The average molecular weight is 371 g/mol. The molecule has 1 unspecified atom stereocenters. The van der Waals surface area contributed by atoms with E-state index in [4.69, 9.17) is 15.2 Å². The number of carbonyl (C=O) groups is 3. The number of ether oxygens (including phenoxy) is 2. The van der Waals surface area contributed by atoms with Crippen molar-refractivity contribution in [3.8, 4) is 0 Å². The maximum Gasteiger partial charge on any atom is 0.414 e. The summed E-state index contributed by atoms with van der Waals surface area (Å²) in [7, 11) is 0. The molecule has 27 heavy (non-hydrogen) atoms. The van der Waals surface area contributed by atoms with Crippen LogP contribution in [-0.2, 0) is 20.8 Å². The number of aromatic nitrogens is 1. The highest BCUT2D eigenvalue weighted by molar-refractivity contribution is 6.11. The smallest absolute Gasteiger partial charge is 0.414 e. The van der Waals surface area contributed by atoms with Crippen molar-refractivity contribution in [2.24, 2.45) is 11.7 Å². The Morgan fingerprint density at radius 2 is 2.15 bits per heavy atom. The van der Waals surface area contributed by atoms with Gasteiger partial charge in [0.2, 0.25) is 0 Å². The number of nitrogens with two attached hydrogens (primary N) is 1. The number of nitrogens with zero attached hydrogens (tertiary/aromatic N) is 2. The Hall–Kier alpha value is -2.87. The van der Waals surface area contributed by atoms with Crippen LogP contribution >= 0.6 is 0 Å². The van der Waals surface area contributed by atoms with E-state index in [-0.39, 0.29) is 25.0 Å². The third-order valence-electron chi connectivity index (χ3n) is 5.12. The molecule has 0 radical (unpaired) electrons. The number of hydrogen-bond acceptors (Lipinski definition) is 6. The molecule has 4 rings (SSSR count). The minimum Gasteiger partial charge on any atom is -0.465 e. The zero-order valence-electron chi connectivity index (χ0n) is 15.0. The van der Waals surface area contributed by atoms with Crippen LogP contribution < -0.4 is 10.6 Å². The van der Waals surface area contributed by atoms with Crippen molar-refractivity contribution >= 4 is 34.4 Å². The molecule has 1 aromatic carbocycles. The number of anilines is 1. The summed E-state index contributed by atoms with van der Waals surface area (Å²) in [5, 5.41) is 0.837. The molecule has 1 aromatic heterocycles. The minimum absolute atomic E-state index is 0.221. The first-order valence-corrected chi connectivity index (χ1v) is 9.05. The van der Waals surface area contributed by atoms with Gasteiger partial charge in [-0.2, -0.15) is 0 Å². The molecule has 2 aliphatic heterocycles. The maximum absolute atomic E-state index is 12.8. The van der Waals surface area contributed by atoms with Gasteiger partial charge in [0.1, 0.15) is 12.0 Å². The van der Waals surface area contributed by atoms with Gasteiger partial charge >= 0.3 is 12.1 Å². The summed E-state index contributed by atoms with van der Waals surface area (Å²) in [6.07, 6.45) is -0.318. The number of cyclic esters (lactones) is 1. The number of ketones is 1. The van der Waals surface area contributed by atoms with Crippen LogP contribution in [0.25, 0.3) is 10.9 Å². The van der Waals surface area contributed by atoms with Crippen molar-refractivity contribution in [3.05, 3.63) is 30.0 Å². The molecule has 3 heterocycles. The van der Waals surface area contributed by atoms with Crippen molar-refractivity contribution in [1.29, 1.82) is 0 Å². The first-order valence-electron chi connectivity index (χ1n) is 9.05. The summed E-state index contributed by atoms with van der Waals surface area (Å²) in [6, 6.07) is 7.34. The monoisotopic (exact) mass is 371 g/mol. The van der Waals surface area contributed by atoms with Gasteiger partial charge in [0, 0.05) is 29.7 Å². The van der Waals surface area contributed by atoms with Gasteiger partial charge in [-0.3, -0.25) is 14.5 Å². The zero-order valence-corrected chi connectivity index (χ0v) is 15.0. The molecule has 142 valence electrons. The molecule has 2 atom stereocenters. The SMILES string of the molecule is CCOC(=O)C1CCn2c(cc3cc(N4C[C@H](CN)OC4=O)ccc32)C1=O. The first-order chi connectivity index (χ1) is 13.0. The molecule has 1 fully saturated rings. The van der Waals surface area contributed by atoms with Gasteiger partial charge < -0.3 is 19.8 Å². The Kier molecular flexibility index (Phi) is 4.35. The van der Waals surface area contributed by atoms with Crippen LogP contribution in [0, 0.1) is 5.92 Å². The number of benzene rings is 1. The quantitative estimate of drug-likeness (QED) is 0.648. The second kappa shape index (κ2) is 6.70. The molecular weight excluding hydrogens is 350 g/mol. The minimum atomic E-state index is -0.750. The fourth-order valence-electron chi connectivity index (χ4n) is 3.76. The highest BCUT2D eigenvalue weighted by atomic mass is 16.6. The summed E-state index contributed by atoms with van der Waals surface area (Å²) in [5.74, 6) is -1.44. The molecule has 1 saturated heterocycles. The molecule has 0 bridgehead atoms. The highest BCUT2D eigenvalue weighted by Crippen LogP contribution is 2.32. The number of Topliss-reactive ketones (excluding diaryl/α,β-unsaturated/α-hetero) is 1. The summed E-state index contributed by atoms with van der Waals surface area (Å²) >= 11 is 0. The Morgan fingerprint density at radius 3 is 2.85 bits per heavy atom. The second-order valence-corrected chi connectivity index (χ2v) is 6.73. The van der Waals surface area contributed by atoms with Crippen LogP contribution in [0.15, 0.2) is 24.3 Å².